The first-order valence-electron chi connectivity index (χ1n) is 5.56. The van der Waals surface area contributed by atoms with E-state index in [1.807, 2.05) is 49.4 Å². The molecule has 3 heteroatoms. The average molecular weight is 218 g/mol. The van der Waals surface area contributed by atoms with Gasteiger partial charge in [-0.15, -0.1) is 0 Å². The number of aryl methyl sites for hydroxylation is 1. The molecule has 17 heavy (non-hydrogen) atoms. The molecule has 0 bridgehead atoms. The van der Waals surface area contributed by atoms with Crippen LogP contribution in [0.5, 0.6) is 0 Å². The molecule has 2 aromatic carbocycles. The van der Waals surface area contributed by atoms with Gasteiger partial charge >= 0.3 is 0 Å². The maximum atomic E-state index is 5.71. The molecule has 0 saturated carbocycles. The van der Waals surface area contributed by atoms with E-state index in [0.717, 1.165) is 28.0 Å². The topological polar surface area (TPSA) is 17.8 Å². The quantitative estimate of drug-likeness (QED) is 0.572. The van der Waals surface area contributed by atoms with Gasteiger partial charge in [-0.1, -0.05) is 29.7 Å². The highest BCUT2D eigenvalue weighted by atomic mass is 15.1. The van der Waals surface area contributed by atoms with Crippen molar-refractivity contribution in [1.29, 1.82) is 0 Å². The zero-order valence-corrected chi connectivity index (χ0v) is 9.59. The molecule has 1 heterocycles. The van der Waals surface area contributed by atoms with E-state index >= 15 is 0 Å². The van der Waals surface area contributed by atoms with Crippen molar-refractivity contribution in [3.05, 3.63) is 54.4 Å². The smallest absolute Gasteiger partial charge is 0.113 e. The summed E-state index contributed by atoms with van der Waals surface area (Å²) in [6.45, 7) is 2.01. The zero-order valence-electron chi connectivity index (χ0n) is 9.59. The number of imidazole rings is 1. The van der Waals surface area contributed by atoms with E-state index in [9.17, 15) is 0 Å². The largest absolute Gasteiger partial charge is 0.297 e. The van der Waals surface area contributed by atoms with Gasteiger partial charge in [0.15, 0.2) is 0 Å². The highest BCUT2D eigenvalue weighted by Gasteiger charge is 2.07. The summed E-state index contributed by atoms with van der Waals surface area (Å²) in [4.78, 5) is 4.54. The van der Waals surface area contributed by atoms with E-state index in [1.54, 1.807) is 0 Å². The lowest BCUT2D eigenvalue weighted by Crippen LogP contribution is -2.03. The van der Waals surface area contributed by atoms with Crippen LogP contribution in [0, 0.1) is 6.92 Å². The number of hydrogen-bond acceptors (Lipinski definition) is 1. The fraction of sp³-hybridized carbons (Fsp3) is 0.0714. The monoisotopic (exact) mass is 218 g/mol. The molecule has 0 N–H and O–H groups in total. The molecule has 0 spiro atoms. The van der Waals surface area contributed by atoms with Crippen LogP contribution in [0.4, 0.5) is 0 Å². The van der Waals surface area contributed by atoms with Gasteiger partial charge in [0, 0.05) is 5.69 Å². The molecule has 0 aliphatic heterocycles. The van der Waals surface area contributed by atoms with Crippen LogP contribution in [0.25, 0.3) is 16.7 Å². The lowest BCUT2D eigenvalue weighted by Gasteiger charge is -2.07. The number of fused-ring (bicyclic) bond motifs is 1. The molecule has 3 aromatic rings. The van der Waals surface area contributed by atoms with Crippen molar-refractivity contribution in [2.24, 2.45) is 0 Å². The van der Waals surface area contributed by atoms with E-state index in [-0.39, 0.29) is 0 Å². The normalized spacial score (nSPS) is 10.9. The lowest BCUT2D eigenvalue weighted by atomic mass is 9.96. The van der Waals surface area contributed by atoms with Gasteiger partial charge in [0.2, 0.25) is 0 Å². The molecular formula is C14H11BN2. The third-order valence-electron chi connectivity index (χ3n) is 2.88. The number of benzene rings is 2. The van der Waals surface area contributed by atoms with Gasteiger partial charge in [-0.25, -0.2) is 4.98 Å². The molecule has 0 aliphatic carbocycles. The molecule has 3 rings (SSSR count). The molecular weight excluding hydrogens is 207 g/mol. The van der Waals surface area contributed by atoms with Gasteiger partial charge in [0.25, 0.3) is 0 Å². The Kier molecular flexibility index (Phi) is 2.25. The second-order valence-electron chi connectivity index (χ2n) is 4.07. The van der Waals surface area contributed by atoms with Crippen LogP contribution in [0.15, 0.2) is 48.5 Å². The Morgan fingerprint density at radius 1 is 1.00 bits per heavy atom. The van der Waals surface area contributed by atoms with Gasteiger partial charge in [-0.3, -0.25) is 4.57 Å². The van der Waals surface area contributed by atoms with Crippen LogP contribution < -0.4 is 5.46 Å². The first-order chi connectivity index (χ1) is 8.25. The molecule has 0 unspecified atom stereocenters. The summed E-state index contributed by atoms with van der Waals surface area (Å²) in [5, 5.41) is 0. The minimum atomic E-state index is 0.774. The van der Waals surface area contributed by atoms with Crippen molar-refractivity contribution in [2.45, 2.75) is 6.92 Å². The third kappa shape index (κ3) is 1.64. The Morgan fingerprint density at radius 3 is 2.47 bits per heavy atom. The van der Waals surface area contributed by atoms with E-state index in [2.05, 4.69) is 15.6 Å². The lowest BCUT2D eigenvalue weighted by molar-refractivity contribution is 1.00. The Hall–Kier alpha value is -2.03. The van der Waals surface area contributed by atoms with Crippen molar-refractivity contribution in [2.75, 3.05) is 0 Å². The van der Waals surface area contributed by atoms with Crippen molar-refractivity contribution < 1.29 is 0 Å². The van der Waals surface area contributed by atoms with Crippen LogP contribution in [0.2, 0.25) is 0 Å². The van der Waals surface area contributed by atoms with Crippen molar-refractivity contribution in [3.63, 3.8) is 0 Å². The highest BCUT2D eigenvalue weighted by molar-refractivity contribution is 6.32. The molecule has 0 amide bonds. The maximum Gasteiger partial charge on any atom is 0.113 e. The zero-order chi connectivity index (χ0) is 11.8. The number of para-hydroxylation sites is 2. The third-order valence-corrected chi connectivity index (χ3v) is 2.88. The highest BCUT2D eigenvalue weighted by Crippen LogP contribution is 2.20. The van der Waals surface area contributed by atoms with Crippen LogP contribution in [-0.2, 0) is 0 Å². The first-order valence-corrected chi connectivity index (χ1v) is 5.56. The second-order valence-corrected chi connectivity index (χ2v) is 4.07. The predicted octanol–water partition coefficient (Wildman–Crippen LogP) is 2.13. The molecule has 2 nitrogen and oxygen atoms in total. The van der Waals surface area contributed by atoms with E-state index in [4.69, 9.17) is 7.85 Å². The predicted molar refractivity (Wildman–Crippen MR) is 71.2 cm³/mol. The van der Waals surface area contributed by atoms with Crippen molar-refractivity contribution >= 4 is 24.3 Å². The minimum Gasteiger partial charge on any atom is -0.297 e. The van der Waals surface area contributed by atoms with Gasteiger partial charge in [0.05, 0.1) is 11.0 Å². The van der Waals surface area contributed by atoms with Gasteiger partial charge in [-0.05, 0) is 31.2 Å². The van der Waals surface area contributed by atoms with Crippen molar-refractivity contribution in [3.8, 4) is 5.69 Å². The molecule has 80 valence electrons. The number of rotatable bonds is 1. The number of hydrogen-bond donors (Lipinski definition) is 0. The molecule has 0 atom stereocenters. The van der Waals surface area contributed by atoms with Gasteiger partial charge in [-0.2, -0.15) is 0 Å². The SMILES string of the molecule is [B]c1ccc(-n2c(C)nc3ccccc32)cc1. The number of nitrogens with zero attached hydrogens (tertiary/aromatic N) is 2. The Labute approximate surface area is 101 Å². The molecule has 0 aliphatic rings. The first kappa shape index (κ1) is 10.1. The van der Waals surface area contributed by atoms with E-state index in [0.29, 0.717) is 0 Å². The maximum absolute atomic E-state index is 5.71. The number of aromatic nitrogens is 2. The van der Waals surface area contributed by atoms with Gasteiger partial charge < -0.3 is 0 Å². The average Bonchev–Trinajstić information content (AvgIpc) is 2.66. The molecule has 2 radical (unpaired) electrons. The van der Waals surface area contributed by atoms with Crippen LogP contribution >= 0.6 is 0 Å². The summed E-state index contributed by atoms with van der Waals surface area (Å²) < 4.78 is 2.13. The van der Waals surface area contributed by atoms with E-state index < -0.39 is 0 Å². The summed E-state index contributed by atoms with van der Waals surface area (Å²) >= 11 is 0. The summed E-state index contributed by atoms with van der Waals surface area (Å²) in [5.74, 6) is 0.982. The summed E-state index contributed by atoms with van der Waals surface area (Å²) in [7, 11) is 5.71. The fourth-order valence-corrected chi connectivity index (χ4v) is 2.10. The molecule has 1 aromatic heterocycles. The molecule has 0 fully saturated rings. The second kappa shape index (κ2) is 3.77. The van der Waals surface area contributed by atoms with Gasteiger partial charge in [0.1, 0.15) is 13.7 Å². The summed E-state index contributed by atoms with van der Waals surface area (Å²) in [6, 6.07) is 16.0. The summed E-state index contributed by atoms with van der Waals surface area (Å²) in [5.41, 5.74) is 4.00. The Bertz CT molecular complexity index is 668. The minimum absolute atomic E-state index is 0.774. The Balaban J connectivity index is 2.29. The van der Waals surface area contributed by atoms with Crippen LogP contribution in [0.1, 0.15) is 5.82 Å². The van der Waals surface area contributed by atoms with Crippen LogP contribution in [-0.4, -0.2) is 17.4 Å². The standard InChI is InChI=1S/C14H11BN2/c1-10-16-13-4-2-3-5-14(13)17(10)12-8-6-11(15)7-9-12/h2-9H,1H3. The van der Waals surface area contributed by atoms with Crippen LogP contribution in [0.3, 0.4) is 0 Å². The fourth-order valence-electron chi connectivity index (χ4n) is 2.10. The van der Waals surface area contributed by atoms with E-state index in [1.165, 1.54) is 0 Å². The summed E-state index contributed by atoms with van der Waals surface area (Å²) in [6.07, 6.45) is 0. The van der Waals surface area contributed by atoms with Crippen molar-refractivity contribution in [1.82, 2.24) is 9.55 Å². The Morgan fingerprint density at radius 2 is 1.71 bits per heavy atom. The molecule has 0 saturated heterocycles.